The maximum Gasteiger partial charge on any atom is 0.198 e. The van der Waals surface area contributed by atoms with Crippen molar-refractivity contribution in [3.63, 3.8) is 0 Å². The number of hydrogen-bond acceptors (Lipinski definition) is 2. The summed E-state index contributed by atoms with van der Waals surface area (Å²) in [6, 6.07) is 4.01. The molecule has 2 atom stereocenters. The van der Waals surface area contributed by atoms with Crippen molar-refractivity contribution < 1.29 is 0 Å². The van der Waals surface area contributed by atoms with Crippen LogP contribution in [0.2, 0.25) is 0 Å². The number of aromatic nitrogens is 1. The Labute approximate surface area is 114 Å². The van der Waals surface area contributed by atoms with E-state index in [-0.39, 0.29) is 6.17 Å². The van der Waals surface area contributed by atoms with E-state index >= 15 is 0 Å². The zero-order valence-corrected chi connectivity index (χ0v) is 11.9. The summed E-state index contributed by atoms with van der Waals surface area (Å²) < 4.78 is 0. The standard InChI is InChI=1S/C14H23N5/c1-4-6-10(2)13-17-11(3)18-14(19-13)16-9-12-7-5-8-15-12/h5,7-8,10-11,15H,4,6,9H2,1-3H3,(H2,16,17,18,19). The Morgan fingerprint density at radius 2 is 2.32 bits per heavy atom. The second kappa shape index (κ2) is 6.41. The molecule has 0 fully saturated rings. The molecule has 0 aromatic carbocycles. The molecule has 0 spiro atoms. The van der Waals surface area contributed by atoms with Gasteiger partial charge < -0.3 is 15.6 Å². The number of aromatic amines is 1. The quantitative estimate of drug-likeness (QED) is 0.761. The minimum Gasteiger partial charge on any atom is -0.363 e. The van der Waals surface area contributed by atoms with Crippen LogP contribution in [0.25, 0.3) is 0 Å². The lowest BCUT2D eigenvalue weighted by Gasteiger charge is -2.26. The molecule has 2 heterocycles. The van der Waals surface area contributed by atoms with Crippen LogP contribution in [0.15, 0.2) is 28.3 Å². The van der Waals surface area contributed by atoms with E-state index in [1.165, 1.54) is 6.42 Å². The molecule has 1 aromatic heterocycles. The van der Waals surface area contributed by atoms with Crippen LogP contribution in [-0.4, -0.2) is 22.9 Å². The van der Waals surface area contributed by atoms with Crippen LogP contribution < -0.4 is 10.6 Å². The van der Waals surface area contributed by atoms with E-state index in [9.17, 15) is 0 Å². The molecule has 3 N–H and O–H groups in total. The first-order valence-corrected chi connectivity index (χ1v) is 6.97. The molecule has 0 bridgehead atoms. The van der Waals surface area contributed by atoms with Crippen molar-refractivity contribution in [2.24, 2.45) is 15.9 Å². The molecule has 104 valence electrons. The van der Waals surface area contributed by atoms with Crippen LogP contribution in [0.5, 0.6) is 0 Å². The molecule has 0 amide bonds. The van der Waals surface area contributed by atoms with Crippen LogP contribution in [0.1, 0.15) is 39.3 Å². The third-order valence-electron chi connectivity index (χ3n) is 3.18. The van der Waals surface area contributed by atoms with E-state index in [4.69, 9.17) is 0 Å². The van der Waals surface area contributed by atoms with Gasteiger partial charge in [-0.05, 0) is 25.5 Å². The highest BCUT2D eigenvalue weighted by Gasteiger charge is 2.18. The van der Waals surface area contributed by atoms with Gasteiger partial charge in [-0.1, -0.05) is 20.3 Å². The third-order valence-corrected chi connectivity index (χ3v) is 3.18. The van der Waals surface area contributed by atoms with E-state index in [2.05, 4.69) is 39.4 Å². The molecule has 0 saturated heterocycles. The number of guanidine groups is 1. The Hall–Kier alpha value is -1.78. The van der Waals surface area contributed by atoms with Gasteiger partial charge in [0.25, 0.3) is 0 Å². The lowest BCUT2D eigenvalue weighted by molar-refractivity contribution is 0.605. The summed E-state index contributed by atoms with van der Waals surface area (Å²) in [7, 11) is 0. The van der Waals surface area contributed by atoms with Crippen molar-refractivity contribution in [1.82, 2.24) is 15.6 Å². The number of hydrogen-bond donors (Lipinski definition) is 3. The van der Waals surface area contributed by atoms with Crippen molar-refractivity contribution in [1.29, 1.82) is 0 Å². The van der Waals surface area contributed by atoms with E-state index in [1.54, 1.807) is 0 Å². The molecule has 19 heavy (non-hydrogen) atoms. The van der Waals surface area contributed by atoms with Crippen LogP contribution in [0.4, 0.5) is 0 Å². The maximum absolute atomic E-state index is 4.60. The van der Waals surface area contributed by atoms with E-state index < -0.39 is 0 Å². The van der Waals surface area contributed by atoms with Crippen molar-refractivity contribution in [2.45, 2.75) is 46.3 Å². The molecule has 5 heteroatoms. The van der Waals surface area contributed by atoms with Crippen molar-refractivity contribution in [2.75, 3.05) is 0 Å². The van der Waals surface area contributed by atoms with Gasteiger partial charge in [0.15, 0.2) is 5.96 Å². The van der Waals surface area contributed by atoms with Gasteiger partial charge in [-0.25, -0.2) is 9.98 Å². The van der Waals surface area contributed by atoms with E-state index in [0.717, 1.165) is 23.9 Å². The first kappa shape index (κ1) is 13.6. The second-order valence-corrected chi connectivity index (χ2v) is 5.01. The summed E-state index contributed by atoms with van der Waals surface area (Å²) in [6.07, 6.45) is 4.30. The zero-order valence-electron chi connectivity index (χ0n) is 11.9. The number of aliphatic imine (C=N–C) groups is 2. The summed E-state index contributed by atoms with van der Waals surface area (Å²) in [5, 5.41) is 6.55. The van der Waals surface area contributed by atoms with Gasteiger partial charge in [-0.2, -0.15) is 0 Å². The highest BCUT2D eigenvalue weighted by molar-refractivity contribution is 6.02. The molecule has 1 aromatic rings. The number of H-pyrrole nitrogens is 1. The predicted octanol–water partition coefficient (Wildman–Crippen LogP) is 2.24. The molecule has 2 unspecified atom stereocenters. The SMILES string of the molecule is CCCC(C)C1=NC(C)NC(=NCc2ccc[nH]2)N1. The Morgan fingerprint density at radius 1 is 1.47 bits per heavy atom. The van der Waals surface area contributed by atoms with Gasteiger partial charge in [-0.15, -0.1) is 0 Å². The average molecular weight is 261 g/mol. The van der Waals surface area contributed by atoms with E-state index in [1.807, 2.05) is 25.3 Å². The fourth-order valence-corrected chi connectivity index (χ4v) is 2.16. The Balaban J connectivity index is 2.00. The molecule has 1 aliphatic rings. The van der Waals surface area contributed by atoms with Gasteiger partial charge in [0, 0.05) is 17.8 Å². The summed E-state index contributed by atoms with van der Waals surface area (Å²) in [4.78, 5) is 12.3. The first-order valence-electron chi connectivity index (χ1n) is 6.97. The van der Waals surface area contributed by atoms with Crippen molar-refractivity contribution in [3.05, 3.63) is 24.0 Å². The summed E-state index contributed by atoms with van der Waals surface area (Å²) in [5.41, 5.74) is 1.11. The molecule has 0 saturated carbocycles. The Morgan fingerprint density at radius 3 is 3.00 bits per heavy atom. The van der Waals surface area contributed by atoms with Crippen molar-refractivity contribution >= 4 is 11.8 Å². The molecule has 0 aliphatic carbocycles. The topological polar surface area (TPSA) is 64.6 Å². The van der Waals surface area contributed by atoms with Crippen LogP contribution in [0, 0.1) is 5.92 Å². The van der Waals surface area contributed by atoms with Crippen LogP contribution in [0.3, 0.4) is 0 Å². The number of rotatable bonds is 5. The molecule has 0 radical (unpaired) electrons. The highest BCUT2D eigenvalue weighted by atomic mass is 15.3. The third kappa shape index (κ3) is 3.84. The molecule has 1 aliphatic heterocycles. The van der Waals surface area contributed by atoms with Gasteiger partial charge >= 0.3 is 0 Å². The number of amidine groups is 1. The monoisotopic (exact) mass is 261 g/mol. The van der Waals surface area contributed by atoms with Gasteiger partial charge in [0.05, 0.1) is 6.54 Å². The molecule has 2 rings (SSSR count). The normalized spacial score (nSPS) is 22.6. The zero-order chi connectivity index (χ0) is 13.7. The summed E-state index contributed by atoms with van der Waals surface area (Å²) >= 11 is 0. The summed E-state index contributed by atoms with van der Waals surface area (Å²) in [5.74, 6) is 2.30. The minimum absolute atomic E-state index is 0.0814. The smallest absolute Gasteiger partial charge is 0.198 e. The Kier molecular flexibility index (Phi) is 4.60. The lowest BCUT2D eigenvalue weighted by atomic mass is 10.0. The van der Waals surface area contributed by atoms with Gasteiger partial charge in [0.1, 0.15) is 12.0 Å². The molecule has 5 nitrogen and oxygen atoms in total. The van der Waals surface area contributed by atoms with E-state index in [0.29, 0.717) is 12.5 Å². The minimum atomic E-state index is 0.0814. The summed E-state index contributed by atoms with van der Waals surface area (Å²) in [6.45, 7) is 7.09. The van der Waals surface area contributed by atoms with Crippen LogP contribution in [-0.2, 0) is 6.54 Å². The average Bonchev–Trinajstić information content (AvgIpc) is 2.89. The second-order valence-electron chi connectivity index (χ2n) is 5.01. The fraction of sp³-hybridized carbons (Fsp3) is 0.571. The fourth-order valence-electron chi connectivity index (χ4n) is 2.16. The molecular weight excluding hydrogens is 238 g/mol. The van der Waals surface area contributed by atoms with Crippen LogP contribution >= 0.6 is 0 Å². The van der Waals surface area contributed by atoms with Gasteiger partial charge in [0.2, 0.25) is 0 Å². The maximum atomic E-state index is 4.60. The first-order chi connectivity index (χ1) is 9.19. The molecular formula is C14H23N5. The largest absolute Gasteiger partial charge is 0.363 e. The van der Waals surface area contributed by atoms with Crippen molar-refractivity contribution in [3.8, 4) is 0 Å². The predicted molar refractivity (Wildman–Crippen MR) is 79.2 cm³/mol. The number of nitrogens with zero attached hydrogens (tertiary/aromatic N) is 2. The number of nitrogens with one attached hydrogen (secondary N) is 3. The van der Waals surface area contributed by atoms with Gasteiger partial charge in [-0.3, -0.25) is 0 Å². The Bertz CT molecular complexity index is 446. The highest BCUT2D eigenvalue weighted by Crippen LogP contribution is 2.09. The lowest BCUT2D eigenvalue weighted by Crippen LogP contribution is -2.51.